The molecule has 1 aliphatic carbocycles. The number of para-hydroxylation sites is 1. The van der Waals surface area contributed by atoms with Gasteiger partial charge in [-0.25, -0.2) is 9.97 Å². The monoisotopic (exact) mass is 356 g/mol. The number of fused-ring (bicyclic) bond motifs is 2. The maximum atomic E-state index is 12.8. The van der Waals surface area contributed by atoms with Crippen molar-refractivity contribution in [1.29, 1.82) is 0 Å². The van der Waals surface area contributed by atoms with Crippen LogP contribution >= 0.6 is 0 Å². The molecular formula is C21H16N4O2. The average molecular weight is 356 g/mol. The molecule has 27 heavy (non-hydrogen) atoms. The van der Waals surface area contributed by atoms with Crippen LogP contribution in [0.2, 0.25) is 0 Å². The summed E-state index contributed by atoms with van der Waals surface area (Å²) in [6, 6.07) is 9.55. The summed E-state index contributed by atoms with van der Waals surface area (Å²) in [6.45, 7) is 0.430. The summed E-state index contributed by atoms with van der Waals surface area (Å²) in [4.78, 5) is 23.6. The number of carbonyl (C=O) groups excluding carboxylic acids is 1. The van der Waals surface area contributed by atoms with Crippen LogP contribution in [-0.2, 0) is 6.54 Å². The van der Waals surface area contributed by atoms with Crippen LogP contribution in [-0.4, -0.2) is 27.9 Å². The Balaban J connectivity index is 1.68. The molecule has 0 saturated heterocycles. The standard InChI is InChI=1S/C21H16N4O2/c1-27-17-9-8-12(10-23-17)14-6-3-7-15-19(22)18-16(24-20(14)15)11-25(21(18)26)13-4-2-5-13/h2-10H,11H2,1H3,(H2,22,24). The summed E-state index contributed by atoms with van der Waals surface area (Å²) in [6.07, 6.45) is 7.48. The molecule has 6 heteroatoms. The largest absolute Gasteiger partial charge is 0.481 e. The molecule has 3 aromatic rings. The van der Waals surface area contributed by atoms with Crippen molar-refractivity contribution >= 4 is 22.5 Å². The normalized spacial score (nSPS) is 14.9. The Morgan fingerprint density at radius 3 is 2.74 bits per heavy atom. The van der Waals surface area contributed by atoms with E-state index in [2.05, 4.69) is 4.98 Å². The zero-order valence-electron chi connectivity index (χ0n) is 14.6. The Morgan fingerprint density at radius 2 is 2.07 bits per heavy atom. The van der Waals surface area contributed by atoms with Crippen molar-refractivity contribution in [1.82, 2.24) is 14.9 Å². The predicted molar refractivity (Wildman–Crippen MR) is 103 cm³/mol. The number of ether oxygens (including phenoxy) is 1. The molecule has 0 fully saturated rings. The molecule has 1 aromatic carbocycles. The molecule has 2 N–H and O–H groups in total. The third kappa shape index (κ3) is 2.23. The van der Waals surface area contributed by atoms with Gasteiger partial charge in [-0.05, 0) is 18.2 Å². The fraction of sp³-hybridized carbons (Fsp3) is 0.0952. The van der Waals surface area contributed by atoms with E-state index in [0.717, 1.165) is 27.7 Å². The van der Waals surface area contributed by atoms with E-state index in [1.807, 2.05) is 48.6 Å². The minimum absolute atomic E-state index is 0.0935. The number of amides is 1. The highest BCUT2D eigenvalue weighted by atomic mass is 16.5. The van der Waals surface area contributed by atoms with E-state index in [9.17, 15) is 4.79 Å². The lowest BCUT2D eigenvalue weighted by atomic mass is 10.00. The Kier molecular flexibility index (Phi) is 3.27. The Hall–Kier alpha value is -3.67. The zero-order valence-corrected chi connectivity index (χ0v) is 14.6. The van der Waals surface area contributed by atoms with Crippen molar-refractivity contribution in [3.63, 3.8) is 0 Å². The molecule has 2 aromatic heterocycles. The average Bonchev–Trinajstić information content (AvgIpc) is 2.97. The van der Waals surface area contributed by atoms with E-state index >= 15 is 0 Å². The molecule has 2 aliphatic rings. The fourth-order valence-electron chi connectivity index (χ4n) is 3.54. The van der Waals surface area contributed by atoms with Gasteiger partial charge >= 0.3 is 0 Å². The van der Waals surface area contributed by atoms with E-state index < -0.39 is 0 Å². The molecule has 6 nitrogen and oxygen atoms in total. The first kappa shape index (κ1) is 15.6. The molecule has 0 saturated carbocycles. The van der Waals surface area contributed by atoms with Crippen molar-refractivity contribution < 1.29 is 9.53 Å². The molecule has 0 bridgehead atoms. The summed E-state index contributed by atoms with van der Waals surface area (Å²) in [5, 5.41) is 0.774. The van der Waals surface area contributed by atoms with Crippen LogP contribution in [0.3, 0.4) is 0 Å². The second kappa shape index (κ2) is 5.67. The maximum absolute atomic E-state index is 12.8. The number of methoxy groups -OCH3 is 1. The summed E-state index contributed by atoms with van der Waals surface area (Å²) in [5.41, 5.74) is 11.6. The first-order valence-corrected chi connectivity index (χ1v) is 8.59. The van der Waals surface area contributed by atoms with E-state index in [0.29, 0.717) is 29.4 Å². The van der Waals surface area contributed by atoms with Gasteiger partial charge in [0.05, 0.1) is 36.1 Å². The Labute approximate surface area is 155 Å². The number of hydrogen-bond acceptors (Lipinski definition) is 5. The van der Waals surface area contributed by atoms with Crippen LogP contribution in [0, 0.1) is 0 Å². The molecule has 0 atom stereocenters. The van der Waals surface area contributed by atoms with Gasteiger partial charge in [0.1, 0.15) is 0 Å². The first-order chi connectivity index (χ1) is 13.2. The smallest absolute Gasteiger partial charge is 0.262 e. The van der Waals surface area contributed by atoms with Gasteiger partial charge in [-0.3, -0.25) is 4.79 Å². The SMILES string of the molecule is COc1ccc(-c2cccc3c(N)c4c(nc23)CN(C2=CC=C2)C4=O)cn1. The molecular weight excluding hydrogens is 340 g/mol. The summed E-state index contributed by atoms with van der Waals surface area (Å²) >= 11 is 0. The highest BCUT2D eigenvalue weighted by Gasteiger charge is 2.34. The minimum atomic E-state index is -0.0935. The van der Waals surface area contributed by atoms with E-state index in [1.165, 1.54) is 0 Å². The molecule has 0 radical (unpaired) electrons. The van der Waals surface area contributed by atoms with Gasteiger partial charge in [-0.15, -0.1) is 0 Å². The zero-order chi connectivity index (χ0) is 18.5. The minimum Gasteiger partial charge on any atom is -0.481 e. The van der Waals surface area contributed by atoms with E-state index in [4.69, 9.17) is 15.5 Å². The highest BCUT2D eigenvalue weighted by Crippen LogP contribution is 2.38. The third-order valence-corrected chi connectivity index (χ3v) is 5.00. The number of hydrogen-bond donors (Lipinski definition) is 1. The van der Waals surface area contributed by atoms with Crippen LogP contribution < -0.4 is 10.5 Å². The fourth-order valence-corrected chi connectivity index (χ4v) is 3.54. The topological polar surface area (TPSA) is 81.3 Å². The molecule has 0 unspecified atom stereocenters. The van der Waals surface area contributed by atoms with Gasteiger partial charge in [-0.2, -0.15) is 0 Å². The first-order valence-electron chi connectivity index (χ1n) is 8.59. The predicted octanol–water partition coefficient (Wildman–Crippen LogP) is 3.30. The van der Waals surface area contributed by atoms with Crippen molar-refractivity contribution in [2.24, 2.45) is 0 Å². The summed E-state index contributed by atoms with van der Waals surface area (Å²) in [7, 11) is 1.58. The maximum Gasteiger partial charge on any atom is 0.262 e. The van der Waals surface area contributed by atoms with Crippen molar-refractivity contribution in [2.75, 3.05) is 12.8 Å². The van der Waals surface area contributed by atoms with Gasteiger partial charge in [0.2, 0.25) is 5.88 Å². The van der Waals surface area contributed by atoms with E-state index in [-0.39, 0.29) is 5.91 Å². The van der Waals surface area contributed by atoms with E-state index in [1.54, 1.807) is 18.2 Å². The summed E-state index contributed by atoms with van der Waals surface area (Å²) < 4.78 is 5.13. The number of pyridine rings is 2. The third-order valence-electron chi connectivity index (χ3n) is 5.00. The lowest BCUT2D eigenvalue weighted by Gasteiger charge is -2.19. The number of benzene rings is 1. The molecule has 5 rings (SSSR count). The number of rotatable bonds is 3. The number of anilines is 1. The molecule has 1 amide bonds. The van der Waals surface area contributed by atoms with Crippen molar-refractivity contribution in [3.05, 3.63) is 71.7 Å². The number of allylic oxidation sites excluding steroid dienone is 3. The van der Waals surface area contributed by atoms with Gasteiger partial charge in [0.15, 0.2) is 0 Å². The van der Waals surface area contributed by atoms with Crippen LogP contribution in [0.15, 0.2) is 60.5 Å². The number of nitrogens with two attached hydrogens (primary N) is 1. The number of carbonyl (C=O) groups is 1. The Bertz CT molecular complexity index is 1160. The second-order valence-corrected chi connectivity index (χ2v) is 6.48. The number of nitrogens with zero attached hydrogens (tertiary/aromatic N) is 3. The van der Waals surface area contributed by atoms with Gasteiger partial charge in [-0.1, -0.05) is 24.3 Å². The molecule has 3 heterocycles. The molecule has 1 aliphatic heterocycles. The number of aromatic nitrogens is 2. The lowest BCUT2D eigenvalue weighted by molar-refractivity contribution is 0.0831. The van der Waals surface area contributed by atoms with Crippen LogP contribution in [0.5, 0.6) is 5.88 Å². The Morgan fingerprint density at radius 1 is 1.22 bits per heavy atom. The van der Waals surface area contributed by atoms with Crippen molar-refractivity contribution in [3.8, 4) is 17.0 Å². The van der Waals surface area contributed by atoms with Crippen LogP contribution in [0.4, 0.5) is 5.69 Å². The van der Waals surface area contributed by atoms with Gasteiger partial charge in [0, 0.05) is 34.5 Å². The summed E-state index contributed by atoms with van der Waals surface area (Å²) in [5.74, 6) is 0.458. The number of nitrogen functional groups attached to an aromatic ring is 1. The lowest BCUT2D eigenvalue weighted by Crippen LogP contribution is -2.24. The van der Waals surface area contributed by atoms with Crippen LogP contribution in [0.1, 0.15) is 16.1 Å². The van der Waals surface area contributed by atoms with Gasteiger partial charge < -0.3 is 15.4 Å². The molecule has 0 spiro atoms. The van der Waals surface area contributed by atoms with Gasteiger partial charge in [0.25, 0.3) is 5.91 Å². The quantitative estimate of drug-likeness (QED) is 0.779. The van der Waals surface area contributed by atoms with Crippen LogP contribution in [0.25, 0.3) is 22.0 Å². The highest BCUT2D eigenvalue weighted by molar-refractivity contribution is 6.12. The second-order valence-electron chi connectivity index (χ2n) is 6.48. The van der Waals surface area contributed by atoms with Crippen molar-refractivity contribution in [2.45, 2.75) is 6.54 Å². The molecule has 132 valence electrons.